The molecule has 0 heterocycles. The van der Waals surface area contributed by atoms with Crippen molar-refractivity contribution in [1.29, 1.82) is 0 Å². The van der Waals surface area contributed by atoms with Gasteiger partial charge in [-0.3, -0.25) is 9.59 Å². The molecule has 0 saturated heterocycles. The van der Waals surface area contributed by atoms with E-state index in [2.05, 4.69) is 6.58 Å². The summed E-state index contributed by atoms with van der Waals surface area (Å²) in [6.45, 7) is 6.40. The smallest absolute Gasteiger partial charge is 0.302 e. The van der Waals surface area contributed by atoms with Gasteiger partial charge in [-0.15, -0.1) is 0 Å². The lowest BCUT2D eigenvalue weighted by Gasteiger charge is -2.15. The quantitative estimate of drug-likeness (QED) is 0.470. The van der Waals surface area contributed by atoms with Crippen LogP contribution in [-0.4, -0.2) is 31.3 Å². The summed E-state index contributed by atoms with van der Waals surface area (Å²) >= 11 is 0. The molecule has 1 atom stereocenters. The molecule has 0 N–H and O–H groups in total. The molecule has 0 bridgehead atoms. The minimum Gasteiger partial charge on any atom is -0.495 e. The van der Waals surface area contributed by atoms with Crippen molar-refractivity contribution in [1.82, 2.24) is 0 Å². The van der Waals surface area contributed by atoms with E-state index in [4.69, 9.17) is 14.2 Å². The Labute approximate surface area is 89.0 Å². The maximum absolute atomic E-state index is 10.5. The number of ether oxygens (including phenoxy) is 3. The van der Waals surface area contributed by atoms with Gasteiger partial charge >= 0.3 is 11.9 Å². The van der Waals surface area contributed by atoms with E-state index in [1.54, 1.807) is 0 Å². The second kappa shape index (κ2) is 7.84. The Balaban J connectivity index is 3.76. The average Bonchev–Trinajstić information content (AvgIpc) is 2.13. The molecule has 15 heavy (non-hydrogen) atoms. The van der Waals surface area contributed by atoms with Crippen LogP contribution in [0.1, 0.15) is 20.3 Å². The van der Waals surface area contributed by atoms with Crippen molar-refractivity contribution < 1.29 is 23.8 Å². The van der Waals surface area contributed by atoms with E-state index in [0.717, 1.165) is 0 Å². The molecular weight excluding hydrogens is 200 g/mol. The van der Waals surface area contributed by atoms with Gasteiger partial charge in [0.25, 0.3) is 0 Å². The third-order valence-electron chi connectivity index (χ3n) is 1.51. The average molecular weight is 216 g/mol. The predicted octanol–water partition coefficient (Wildman–Crippen LogP) is 1.03. The van der Waals surface area contributed by atoms with Crippen molar-refractivity contribution in [2.45, 2.75) is 26.4 Å². The van der Waals surface area contributed by atoms with Crippen molar-refractivity contribution in [3.05, 3.63) is 12.8 Å². The molecule has 0 aliphatic rings. The first-order valence-corrected chi connectivity index (χ1v) is 4.59. The summed E-state index contributed by atoms with van der Waals surface area (Å²) in [6.07, 6.45) is 1.40. The highest BCUT2D eigenvalue weighted by Crippen LogP contribution is 2.01. The highest BCUT2D eigenvalue weighted by atomic mass is 16.6. The maximum atomic E-state index is 10.5. The fraction of sp³-hybridized carbons (Fsp3) is 0.600. The van der Waals surface area contributed by atoms with Crippen LogP contribution in [-0.2, 0) is 23.8 Å². The summed E-state index contributed by atoms with van der Waals surface area (Å²) in [5, 5.41) is 0. The zero-order valence-electron chi connectivity index (χ0n) is 9.02. The summed E-state index contributed by atoms with van der Waals surface area (Å²) in [5.74, 6) is -0.722. The molecule has 0 aromatic carbocycles. The molecule has 0 rings (SSSR count). The van der Waals surface area contributed by atoms with Gasteiger partial charge in [-0.05, 0) is 0 Å². The normalized spacial score (nSPS) is 11.3. The third kappa shape index (κ3) is 8.80. The molecule has 0 aliphatic carbocycles. The summed E-state index contributed by atoms with van der Waals surface area (Å²) in [4.78, 5) is 21.0. The maximum Gasteiger partial charge on any atom is 0.302 e. The molecule has 5 nitrogen and oxygen atoms in total. The number of rotatable bonds is 7. The number of carbonyl (C=O) groups excluding carboxylic acids is 2. The lowest BCUT2D eigenvalue weighted by atomic mass is 10.3. The molecule has 0 spiro atoms. The van der Waals surface area contributed by atoms with Crippen LogP contribution < -0.4 is 0 Å². The van der Waals surface area contributed by atoms with Gasteiger partial charge in [-0.1, -0.05) is 6.58 Å². The van der Waals surface area contributed by atoms with Gasteiger partial charge in [-0.2, -0.15) is 0 Å². The molecule has 0 fully saturated rings. The molecule has 0 radical (unpaired) electrons. The lowest BCUT2D eigenvalue weighted by molar-refractivity contribution is -0.146. The Kier molecular flexibility index (Phi) is 7.05. The number of hydrogen-bond acceptors (Lipinski definition) is 5. The first-order chi connectivity index (χ1) is 7.06. The van der Waals surface area contributed by atoms with Gasteiger partial charge in [0.1, 0.15) is 12.7 Å². The van der Waals surface area contributed by atoms with E-state index in [0.29, 0.717) is 6.42 Å². The zero-order valence-corrected chi connectivity index (χ0v) is 9.02. The third-order valence-corrected chi connectivity index (χ3v) is 1.51. The Morgan fingerprint density at radius 2 is 1.87 bits per heavy atom. The molecule has 0 saturated carbocycles. The van der Waals surface area contributed by atoms with Gasteiger partial charge in [0.15, 0.2) is 0 Å². The van der Waals surface area contributed by atoms with Crippen LogP contribution >= 0.6 is 0 Å². The fourth-order valence-corrected chi connectivity index (χ4v) is 0.871. The van der Waals surface area contributed by atoms with Crippen LogP contribution in [0.15, 0.2) is 12.8 Å². The monoisotopic (exact) mass is 216 g/mol. The minimum atomic E-state index is -0.375. The standard InChI is InChI=1S/C10H16O5/c1-4-13-10(7-15-9(3)12)5-6-14-8(2)11/h4,10H,1,5-7H2,2-3H3. The van der Waals surface area contributed by atoms with Crippen LogP contribution in [0.3, 0.4) is 0 Å². The Hall–Kier alpha value is -1.52. The number of esters is 2. The number of carbonyl (C=O) groups is 2. The molecule has 5 heteroatoms. The largest absolute Gasteiger partial charge is 0.495 e. The van der Waals surface area contributed by atoms with E-state index in [1.807, 2.05) is 0 Å². The minimum absolute atomic E-state index is 0.128. The van der Waals surface area contributed by atoms with Gasteiger partial charge < -0.3 is 14.2 Å². The first kappa shape index (κ1) is 13.5. The van der Waals surface area contributed by atoms with E-state index >= 15 is 0 Å². The van der Waals surface area contributed by atoms with Crippen LogP contribution in [0.4, 0.5) is 0 Å². The van der Waals surface area contributed by atoms with Crippen molar-refractivity contribution in [2.75, 3.05) is 13.2 Å². The highest BCUT2D eigenvalue weighted by Gasteiger charge is 2.10. The van der Waals surface area contributed by atoms with Gasteiger partial charge in [0.05, 0.1) is 12.9 Å². The van der Waals surface area contributed by atoms with Gasteiger partial charge in [0.2, 0.25) is 0 Å². The first-order valence-electron chi connectivity index (χ1n) is 4.59. The van der Waals surface area contributed by atoms with E-state index in [-0.39, 0.29) is 31.3 Å². The molecule has 0 aliphatic heterocycles. The van der Waals surface area contributed by atoms with Crippen molar-refractivity contribution in [2.24, 2.45) is 0 Å². The topological polar surface area (TPSA) is 61.8 Å². The predicted molar refractivity (Wildman–Crippen MR) is 53.0 cm³/mol. The van der Waals surface area contributed by atoms with Crippen LogP contribution in [0.2, 0.25) is 0 Å². The molecular formula is C10H16O5. The SMILES string of the molecule is C=COC(CCOC(C)=O)COC(C)=O. The molecule has 0 amide bonds. The summed E-state index contributed by atoms with van der Waals surface area (Å²) in [6, 6.07) is 0. The molecule has 86 valence electrons. The van der Waals surface area contributed by atoms with E-state index < -0.39 is 0 Å². The van der Waals surface area contributed by atoms with E-state index in [1.165, 1.54) is 20.1 Å². The number of hydrogen-bond donors (Lipinski definition) is 0. The van der Waals surface area contributed by atoms with E-state index in [9.17, 15) is 9.59 Å². The summed E-state index contributed by atoms with van der Waals surface area (Å²) in [7, 11) is 0. The van der Waals surface area contributed by atoms with Crippen molar-refractivity contribution in [3.8, 4) is 0 Å². The summed E-state index contributed by atoms with van der Waals surface area (Å²) < 4.78 is 14.6. The second-order valence-electron chi connectivity index (χ2n) is 2.86. The second-order valence-corrected chi connectivity index (χ2v) is 2.86. The zero-order chi connectivity index (χ0) is 11.7. The Bertz CT molecular complexity index is 224. The van der Waals surface area contributed by atoms with Gasteiger partial charge in [-0.25, -0.2) is 0 Å². The fourth-order valence-electron chi connectivity index (χ4n) is 0.871. The van der Waals surface area contributed by atoms with Crippen molar-refractivity contribution in [3.63, 3.8) is 0 Å². The van der Waals surface area contributed by atoms with Crippen LogP contribution in [0.5, 0.6) is 0 Å². The van der Waals surface area contributed by atoms with Crippen LogP contribution in [0, 0.1) is 0 Å². The molecule has 0 aromatic rings. The highest BCUT2D eigenvalue weighted by molar-refractivity contribution is 5.66. The van der Waals surface area contributed by atoms with Gasteiger partial charge in [0, 0.05) is 20.3 Å². The Morgan fingerprint density at radius 3 is 2.33 bits per heavy atom. The lowest BCUT2D eigenvalue weighted by Crippen LogP contribution is -2.21. The Morgan fingerprint density at radius 1 is 1.27 bits per heavy atom. The molecule has 0 aromatic heterocycles. The van der Waals surface area contributed by atoms with Crippen molar-refractivity contribution >= 4 is 11.9 Å². The van der Waals surface area contributed by atoms with Crippen LogP contribution in [0.25, 0.3) is 0 Å². The summed E-state index contributed by atoms with van der Waals surface area (Å²) in [5.41, 5.74) is 0. The molecule has 1 unspecified atom stereocenters.